The molecule has 0 N–H and O–H groups in total. The lowest BCUT2D eigenvalue weighted by molar-refractivity contribution is -0.139. The molecule has 0 spiro atoms. The molecule has 0 amide bonds. The molecule has 0 saturated heterocycles. The summed E-state index contributed by atoms with van der Waals surface area (Å²) in [5.41, 5.74) is 2.18. The maximum Gasteiger partial charge on any atom is 0.336 e. The molecule has 36 heavy (non-hydrogen) atoms. The molecule has 1 aliphatic rings. The van der Waals surface area contributed by atoms with Crippen LogP contribution in [-0.2, 0) is 25.6 Å². The number of esters is 2. The number of hydrogen-bond donors (Lipinski definition) is 0. The zero-order chi connectivity index (χ0) is 26.2. The van der Waals surface area contributed by atoms with Crippen molar-refractivity contribution in [1.29, 1.82) is 0 Å². The zero-order valence-corrected chi connectivity index (χ0v) is 22.6. The van der Waals surface area contributed by atoms with Crippen LogP contribution in [0.2, 0.25) is 0 Å². The molecule has 0 aromatic heterocycles. The molecule has 0 aliphatic carbocycles. The highest BCUT2D eigenvalue weighted by Gasteiger charge is 2.37. The molecule has 0 bridgehead atoms. The van der Waals surface area contributed by atoms with E-state index in [1.807, 2.05) is 24.3 Å². The van der Waals surface area contributed by atoms with E-state index < -0.39 is 17.9 Å². The molecular formula is C27H30BrNO7. The van der Waals surface area contributed by atoms with Gasteiger partial charge in [0.05, 0.1) is 51.6 Å². The summed E-state index contributed by atoms with van der Waals surface area (Å²) in [6.07, 6.45) is 3.41. The van der Waals surface area contributed by atoms with Crippen LogP contribution in [0.5, 0.6) is 17.2 Å². The van der Waals surface area contributed by atoms with Gasteiger partial charge in [0.15, 0.2) is 11.5 Å². The van der Waals surface area contributed by atoms with Gasteiger partial charge in [-0.2, -0.15) is 0 Å². The lowest BCUT2D eigenvalue weighted by atomic mass is 9.83. The van der Waals surface area contributed by atoms with Crippen LogP contribution in [0.25, 0.3) is 0 Å². The Bertz CT molecular complexity index is 1120. The Morgan fingerprint density at radius 1 is 0.833 bits per heavy atom. The molecule has 1 heterocycles. The molecule has 3 rings (SSSR count). The van der Waals surface area contributed by atoms with Gasteiger partial charge in [0.2, 0.25) is 0 Å². The fourth-order valence-corrected chi connectivity index (χ4v) is 4.49. The van der Waals surface area contributed by atoms with E-state index in [-0.39, 0.29) is 13.2 Å². The first-order valence-corrected chi connectivity index (χ1v) is 12.2. The highest BCUT2D eigenvalue weighted by molar-refractivity contribution is 9.10. The van der Waals surface area contributed by atoms with Crippen LogP contribution in [0.4, 0.5) is 0 Å². The van der Waals surface area contributed by atoms with E-state index in [0.717, 1.165) is 11.3 Å². The number of ether oxygens (including phenoxy) is 5. The monoisotopic (exact) mass is 559 g/mol. The van der Waals surface area contributed by atoms with Gasteiger partial charge >= 0.3 is 11.9 Å². The van der Waals surface area contributed by atoms with Crippen molar-refractivity contribution in [1.82, 2.24) is 4.90 Å². The summed E-state index contributed by atoms with van der Waals surface area (Å²) in [5.74, 6) is -0.112. The summed E-state index contributed by atoms with van der Waals surface area (Å²) in [5, 5.41) is 0. The minimum atomic E-state index is -0.760. The van der Waals surface area contributed by atoms with E-state index in [1.165, 1.54) is 14.2 Å². The second-order valence-corrected chi connectivity index (χ2v) is 8.65. The number of hydrogen-bond acceptors (Lipinski definition) is 8. The Morgan fingerprint density at radius 3 is 1.83 bits per heavy atom. The van der Waals surface area contributed by atoms with Crippen LogP contribution in [0.15, 0.2) is 64.4 Å². The van der Waals surface area contributed by atoms with Crippen LogP contribution in [-0.4, -0.2) is 51.4 Å². The van der Waals surface area contributed by atoms with Crippen LogP contribution in [0, 0.1) is 0 Å². The summed E-state index contributed by atoms with van der Waals surface area (Å²) < 4.78 is 27.5. The van der Waals surface area contributed by atoms with Crippen molar-refractivity contribution in [2.24, 2.45) is 0 Å². The third-order valence-electron chi connectivity index (χ3n) is 5.59. The second-order valence-electron chi connectivity index (χ2n) is 7.79. The van der Waals surface area contributed by atoms with Gasteiger partial charge in [-0.3, -0.25) is 0 Å². The van der Waals surface area contributed by atoms with Crippen LogP contribution < -0.4 is 14.2 Å². The smallest absolute Gasteiger partial charge is 0.336 e. The highest BCUT2D eigenvalue weighted by Crippen LogP contribution is 2.44. The van der Waals surface area contributed by atoms with E-state index in [4.69, 9.17) is 23.7 Å². The maximum atomic E-state index is 13.2. The Balaban J connectivity index is 2.15. The molecule has 9 heteroatoms. The van der Waals surface area contributed by atoms with E-state index in [9.17, 15) is 9.59 Å². The van der Waals surface area contributed by atoms with E-state index in [1.54, 1.807) is 50.4 Å². The first-order chi connectivity index (χ1) is 17.4. The number of methoxy groups -OCH3 is 3. The fraction of sp³-hybridized carbons (Fsp3) is 0.333. The van der Waals surface area contributed by atoms with E-state index in [0.29, 0.717) is 39.2 Å². The van der Waals surface area contributed by atoms with Gasteiger partial charge in [-0.25, -0.2) is 9.59 Å². The van der Waals surface area contributed by atoms with Crippen molar-refractivity contribution < 1.29 is 33.3 Å². The van der Waals surface area contributed by atoms with Gasteiger partial charge in [-0.1, -0.05) is 28.1 Å². The van der Waals surface area contributed by atoms with Gasteiger partial charge in [0.1, 0.15) is 5.75 Å². The normalized spacial score (nSPS) is 13.4. The Hall–Kier alpha value is -3.46. The zero-order valence-electron chi connectivity index (χ0n) is 21.0. The Labute approximate surface area is 219 Å². The first kappa shape index (κ1) is 27.1. The topological polar surface area (TPSA) is 83.5 Å². The fourth-order valence-electron chi connectivity index (χ4n) is 3.94. The summed E-state index contributed by atoms with van der Waals surface area (Å²) in [6.45, 7) is 4.26. The van der Waals surface area contributed by atoms with Crippen molar-refractivity contribution in [2.45, 2.75) is 26.3 Å². The molecule has 192 valence electrons. The predicted molar refractivity (Wildman–Crippen MR) is 138 cm³/mol. The van der Waals surface area contributed by atoms with Crippen molar-refractivity contribution in [3.05, 3.63) is 75.5 Å². The van der Waals surface area contributed by atoms with Gasteiger partial charge in [0.25, 0.3) is 0 Å². The van der Waals surface area contributed by atoms with Crippen LogP contribution in [0.1, 0.15) is 30.9 Å². The molecule has 0 unspecified atom stereocenters. The second kappa shape index (κ2) is 12.5. The average molecular weight is 560 g/mol. The van der Waals surface area contributed by atoms with Gasteiger partial charge in [-0.15, -0.1) is 0 Å². The summed E-state index contributed by atoms with van der Waals surface area (Å²) in [4.78, 5) is 28.2. The van der Waals surface area contributed by atoms with Crippen molar-refractivity contribution in [2.75, 3.05) is 34.5 Å². The maximum absolute atomic E-state index is 13.2. The van der Waals surface area contributed by atoms with Crippen molar-refractivity contribution >= 4 is 27.9 Å². The molecule has 2 aromatic rings. The lowest BCUT2D eigenvalue weighted by Crippen LogP contribution is -2.29. The molecule has 0 radical (unpaired) electrons. The lowest BCUT2D eigenvalue weighted by Gasteiger charge is -2.31. The molecule has 8 nitrogen and oxygen atoms in total. The minimum absolute atomic E-state index is 0.187. The van der Waals surface area contributed by atoms with Crippen molar-refractivity contribution in [3.63, 3.8) is 0 Å². The largest absolute Gasteiger partial charge is 0.497 e. The number of carbonyl (C=O) groups is 2. The SMILES string of the molecule is CCOC(=O)C1=CN(Cc2ccc(OC)cc2)C=C(C(=O)OCC)C1c1cc(OC)c(OC)cc1Br. The number of carbonyl (C=O) groups excluding carboxylic acids is 2. The average Bonchev–Trinajstić information content (AvgIpc) is 2.89. The molecule has 0 fully saturated rings. The molecule has 1 aliphatic heterocycles. The standard InChI is InChI=1S/C27H30BrNO7/c1-6-35-26(30)20-15-29(14-17-8-10-18(32-3)11-9-17)16-21(27(31)36-7-2)25(20)19-12-23(33-4)24(34-5)13-22(19)28/h8-13,15-16,25H,6-7,14H2,1-5H3. The van der Waals surface area contributed by atoms with Crippen LogP contribution >= 0.6 is 15.9 Å². The number of nitrogens with zero attached hydrogens (tertiary/aromatic N) is 1. The summed E-state index contributed by atoms with van der Waals surface area (Å²) in [6, 6.07) is 11.0. The Kier molecular flexibility index (Phi) is 9.41. The minimum Gasteiger partial charge on any atom is -0.497 e. The number of benzene rings is 2. The predicted octanol–water partition coefficient (Wildman–Crippen LogP) is 4.97. The number of halogens is 1. The summed E-state index contributed by atoms with van der Waals surface area (Å²) >= 11 is 3.58. The molecule has 0 saturated carbocycles. The third kappa shape index (κ3) is 6.02. The van der Waals surface area contributed by atoms with Crippen LogP contribution in [0.3, 0.4) is 0 Å². The van der Waals surface area contributed by atoms with Crippen molar-refractivity contribution in [3.8, 4) is 17.2 Å². The quantitative estimate of drug-likeness (QED) is 0.377. The highest BCUT2D eigenvalue weighted by atomic mass is 79.9. The van der Waals surface area contributed by atoms with E-state index in [2.05, 4.69) is 15.9 Å². The molecule has 2 aromatic carbocycles. The Morgan fingerprint density at radius 2 is 1.36 bits per heavy atom. The van der Waals surface area contributed by atoms with Gasteiger partial charge in [0, 0.05) is 23.4 Å². The first-order valence-electron chi connectivity index (χ1n) is 11.4. The van der Waals surface area contributed by atoms with Gasteiger partial charge < -0.3 is 28.6 Å². The van der Waals surface area contributed by atoms with E-state index >= 15 is 0 Å². The number of rotatable bonds is 10. The summed E-state index contributed by atoms with van der Waals surface area (Å²) in [7, 11) is 4.67. The molecular weight excluding hydrogens is 530 g/mol. The molecule has 0 atom stereocenters. The third-order valence-corrected chi connectivity index (χ3v) is 6.28. The van der Waals surface area contributed by atoms with Gasteiger partial charge in [-0.05, 0) is 49.2 Å².